The number of carbonyl (C=O) groups is 1. The van der Waals surface area contributed by atoms with Gasteiger partial charge in [-0.25, -0.2) is 4.79 Å². The molecular weight excluding hydrogens is 328 g/mol. The van der Waals surface area contributed by atoms with E-state index in [1.54, 1.807) is 6.92 Å². The fraction of sp³-hybridized carbons (Fsp3) is 0.429. The molecule has 1 aromatic heterocycles. The predicted molar refractivity (Wildman–Crippen MR) is 101 cm³/mol. The molecule has 2 aliphatic rings. The predicted octanol–water partition coefficient (Wildman–Crippen LogP) is 3.16. The summed E-state index contributed by atoms with van der Waals surface area (Å²) in [7, 11) is 0. The molecule has 0 bridgehead atoms. The van der Waals surface area contributed by atoms with Crippen molar-refractivity contribution in [2.24, 2.45) is 0 Å². The van der Waals surface area contributed by atoms with Gasteiger partial charge in [0, 0.05) is 18.2 Å². The summed E-state index contributed by atoms with van der Waals surface area (Å²) in [6, 6.07) is 7.82. The summed E-state index contributed by atoms with van der Waals surface area (Å²) in [5.74, 6) is 0.472. The Morgan fingerprint density at radius 1 is 1.19 bits per heavy atom. The van der Waals surface area contributed by atoms with Crippen molar-refractivity contribution in [3.8, 4) is 0 Å². The third-order valence-corrected chi connectivity index (χ3v) is 5.45. The van der Waals surface area contributed by atoms with E-state index >= 15 is 0 Å². The highest BCUT2D eigenvalue weighted by molar-refractivity contribution is 6.04. The van der Waals surface area contributed by atoms with Crippen LogP contribution in [0.15, 0.2) is 33.5 Å². The topological polar surface area (TPSA) is 71.3 Å². The van der Waals surface area contributed by atoms with Gasteiger partial charge in [-0.2, -0.15) is 0 Å². The Morgan fingerprint density at radius 3 is 2.81 bits per heavy atom. The minimum Gasteiger partial charge on any atom is -0.427 e. The first kappa shape index (κ1) is 17.0. The van der Waals surface area contributed by atoms with E-state index in [1.165, 1.54) is 11.1 Å². The standard InChI is InChI=1S/C21H24N2O3/c1-13-10-18(16-6-3-9-22-12-16)26-21(25)19(13)20(24)23-17-8-7-14-4-2-5-15(14)11-17/h7-8,10-11,16,22H,2-6,9,12H2,1H3,(H,23,24). The minimum atomic E-state index is -0.552. The molecule has 0 saturated carbocycles. The molecule has 5 nitrogen and oxygen atoms in total. The van der Waals surface area contributed by atoms with Crippen LogP contribution in [0.3, 0.4) is 0 Å². The fourth-order valence-electron chi connectivity index (χ4n) is 4.04. The summed E-state index contributed by atoms with van der Waals surface area (Å²) in [4.78, 5) is 25.1. The molecule has 1 amide bonds. The van der Waals surface area contributed by atoms with Crippen LogP contribution in [0.4, 0.5) is 5.69 Å². The summed E-state index contributed by atoms with van der Waals surface area (Å²) in [5, 5.41) is 6.18. The molecule has 1 fully saturated rings. The van der Waals surface area contributed by atoms with Gasteiger partial charge in [0.15, 0.2) is 0 Å². The van der Waals surface area contributed by atoms with Crippen LogP contribution in [0.1, 0.15) is 58.0 Å². The Bertz CT molecular complexity index is 895. The zero-order valence-corrected chi connectivity index (χ0v) is 15.1. The number of rotatable bonds is 3. The molecule has 0 spiro atoms. The number of hydrogen-bond donors (Lipinski definition) is 2. The van der Waals surface area contributed by atoms with E-state index < -0.39 is 11.5 Å². The maximum absolute atomic E-state index is 12.7. The van der Waals surface area contributed by atoms with Crippen LogP contribution in [0.25, 0.3) is 0 Å². The first-order valence-electron chi connectivity index (χ1n) is 9.40. The van der Waals surface area contributed by atoms with E-state index in [1.807, 2.05) is 18.2 Å². The number of fused-ring (bicyclic) bond motifs is 1. The first-order valence-corrected chi connectivity index (χ1v) is 9.40. The molecule has 0 radical (unpaired) electrons. The third-order valence-electron chi connectivity index (χ3n) is 5.45. The molecule has 136 valence electrons. The van der Waals surface area contributed by atoms with E-state index in [0.29, 0.717) is 11.3 Å². The molecule has 1 saturated heterocycles. The number of benzene rings is 1. The number of aryl methyl sites for hydroxylation is 3. The molecule has 5 heteroatoms. The Balaban J connectivity index is 1.56. The second kappa shape index (κ2) is 7.08. The van der Waals surface area contributed by atoms with Crippen molar-refractivity contribution in [3.05, 3.63) is 62.7 Å². The largest absolute Gasteiger partial charge is 0.427 e. The quantitative estimate of drug-likeness (QED) is 0.890. The average molecular weight is 352 g/mol. The van der Waals surface area contributed by atoms with E-state index in [9.17, 15) is 9.59 Å². The molecule has 1 aliphatic carbocycles. The van der Waals surface area contributed by atoms with Gasteiger partial charge in [0.25, 0.3) is 5.91 Å². The van der Waals surface area contributed by atoms with Crippen LogP contribution in [0.5, 0.6) is 0 Å². The maximum atomic E-state index is 12.7. The van der Waals surface area contributed by atoms with Crippen molar-refractivity contribution < 1.29 is 9.21 Å². The third kappa shape index (κ3) is 3.31. The van der Waals surface area contributed by atoms with Crippen molar-refractivity contribution in [1.82, 2.24) is 5.32 Å². The number of hydrogen-bond acceptors (Lipinski definition) is 4. The summed E-state index contributed by atoms with van der Waals surface area (Å²) < 4.78 is 5.51. The average Bonchev–Trinajstić information content (AvgIpc) is 3.09. The van der Waals surface area contributed by atoms with Crippen molar-refractivity contribution >= 4 is 11.6 Å². The van der Waals surface area contributed by atoms with Crippen LogP contribution >= 0.6 is 0 Å². The Hall–Kier alpha value is -2.40. The fourth-order valence-corrected chi connectivity index (χ4v) is 4.04. The summed E-state index contributed by atoms with van der Waals surface area (Å²) in [5.41, 5.74) is 3.58. The van der Waals surface area contributed by atoms with Gasteiger partial charge in [-0.05, 0) is 80.5 Å². The van der Waals surface area contributed by atoms with Crippen LogP contribution in [-0.2, 0) is 12.8 Å². The molecule has 2 N–H and O–H groups in total. The number of nitrogens with one attached hydrogen (secondary N) is 2. The summed E-state index contributed by atoms with van der Waals surface area (Å²) in [6.07, 6.45) is 5.37. The normalized spacial score (nSPS) is 19.2. The van der Waals surface area contributed by atoms with Gasteiger partial charge in [0.1, 0.15) is 11.3 Å². The molecule has 2 heterocycles. The van der Waals surface area contributed by atoms with Crippen molar-refractivity contribution in [2.75, 3.05) is 18.4 Å². The molecule has 1 atom stereocenters. The van der Waals surface area contributed by atoms with Gasteiger partial charge in [-0.1, -0.05) is 6.07 Å². The lowest BCUT2D eigenvalue weighted by Crippen LogP contribution is -2.30. The monoisotopic (exact) mass is 352 g/mol. The Labute approximate surface area is 152 Å². The van der Waals surface area contributed by atoms with Crippen molar-refractivity contribution in [2.45, 2.75) is 44.9 Å². The molecule has 4 rings (SSSR count). The summed E-state index contributed by atoms with van der Waals surface area (Å²) >= 11 is 0. The lowest BCUT2D eigenvalue weighted by molar-refractivity contribution is 0.102. The zero-order valence-electron chi connectivity index (χ0n) is 15.1. The van der Waals surface area contributed by atoms with Gasteiger partial charge in [-0.3, -0.25) is 4.79 Å². The van der Waals surface area contributed by atoms with E-state index in [4.69, 9.17) is 4.42 Å². The van der Waals surface area contributed by atoms with Gasteiger partial charge < -0.3 is 15.1 Å². The lowest BCUT2D eigenvalue weighted by atomic mass is 9.95. The molecule has 2 aromatic rings. The molecule has 26 heavy (non-hydrogen) atoms. The van der Waals surface area contributed by atoms with Crippen LogP contribution in [0.2, 0.25) is 0 Å². The highest BCUT2D eigenvalue weighted by atomic mass is 16.4. The number of piperidine rings is 1. The van der Waals surface area contributed by atoms with Crippen molar-refractivity contribution in [1.29, 1.82) is 0 Å². The molecular formula is C21H24N2O3. The number of amides is 1. The van der Waals surface area contributed by atoms with Crippen molar-refractivity contribution in [3.63, 3.8) is 0 Å². The Kier molecular flexibility index (Phi) is 4.64. The minimum absolute atomic E-state index is 0.0954. The smallest absolute Gasteiger partial charge is 0.349 e. The SMILES string of the molecule is Cc1cc(C2CCCNC2)oc(=O)c1C(=O)Nc1ccc2c(c1)CCC2. The molecule has 1 aromatic carbocycles. The highest BCUT2D eigenvalue weighted by Crippen LogP contribution is 2.26. The molecule has 1 aliphatic heterocycles. The van der Waals surface area contributed by atoms with Gasteiger partial charge in [0.05, 0.1) is 0 Å². The van der Waals surface area contributed by atoms with Crippen LogP contribution in [-0.4, -0.2) is 19.0 Å². The zero-order chi connectivity index (χ0) is 18.1. The van der Waals surface area contributed by atoms with Crippen LogP contribution < -0.4 is 16.3 Å². The van der Waals surface area contributed by atoms with Gasteiger partial charge in [-0.15, -0.1) is 0 Å². The molecule has 1 unspecified atom stereocenters. The Morgan fingerprint density at radius 2 is 2.04 bits per heavy atom. The van der Waals surface area contributed by atoms with Gasteiger partial charge in [0.2, 0.25) is 0 Å². The van der Waals surface area contributed by atoms with E-state index in [0.717, 1.165) is 50.9 Å². The first-order chi connectivity index (χ1) is 12.6. The second-order valence-electron chi connectivity index (χ2n) is 7.33. The van der Waals surface area contributed by atoms with E-state index in [2.05, 4.69) is 16.7 Å². The highest BCUT2D eigenvalue weighted by Gasteiger charge is 2.23. The van der Waals surface area contributed by atoms with E-state index in [-0.39, 0.29) is 11.5 Å². The lowest BCUT2D eigenvalue weighted by Gasteiger charge is -2.22. The van der Waals surface area contributed by atoms with Crippen LogP contribution in [0, 0.1) is 6.92 Å². The second-order valence-corrected chi connectivity index (χ2v) is 7.33. The number of anilines is 1. The van der Waals surface area contributed by atoms with Gasteiger partial charge >= 0.3 is 5.63 Å². The summed E-state index contributed by atoms with van der Waals surface area (Å²) in [6.45, 7) is 3.61. The number of carbonyl (C=O) groups excluding carboxylic acids is 1. The maximum Gasteiger partial charge on any atom is 0.349 e.